The van der Waals surface area contributed by atoms with Crippen molar-refractivity contribution < 1.29 is 52.6 Å². The Morgan fingerprint density at radius 2 is 1.60 bits per heavy atom. The second-order valence-electron chi connectivity index (χ2n) is 10.6. The summed E-state index contributed by atoms with van der Waals surface area (Å²) in [5.41, 5.74) is 0. The van der Waals surface area contributed by atoms with Gasteiger partial charge in [-0.2, -0.15) is 0 Å². The molecule has 3 N–H and O–H groups in total. The lowest BCUT2D eigenvalue weighted by Gasteiger charge is -2.46. The van der Waals surface area contributed by atoms with Gasteiger partial charge >= 0.3 is 17.9 Å². The highest BCUT2D eigenvalue weighted by atomic mass is 16.7. The first-order valence-electron chi connectivity index (χ1n) is 14.3. The third-order valence-corrected chi connectivity index (χ3v) is 7.19. The lowest BCUT2D eigenvalue weighted by molar-refractivity contribution is -0.215. The average Bonchev–Trinajstić information content (AvgIpc) is 3.56. The molecule has 0 spiro atoms. The van der Waals surface area contributed by atoms with Crippen LogP contribution in [0.5, 0.6) is 0 Å². The molecular weight excluding hydrogens is 556 g/mol. The number of unbranched alkanes of at least 4 members (excludes halogenated alkanes) is 2. The van der Waals surface area contributed by atoms with Gasteiger partial charge < -0.3 is 35.0 Å². The summed E-state index contributed by atoms with van der Waals surface area (Å²) in [5, 5.41) is 9.19. The Balaban J connectivity index is 1.65. The van der Waals surface area contributed by atoms with Gasteiger partial charge in [0.05, 0.1) is 18.2 Å². The lowest BCUT2D eigenvalue weighted by Crippen LogP contribution is -2.66. The zero-order valence-corrected chi connectivity index (χ0v) is 24.2. The van der Waals surface area contributed by atoms with Crippen molar-refractivity contribution in [1.29, 1.82) is 0 Å². The molecule has 0 aromatic heterocycles. The van der Waals surface area contributed by atoms with Crippen LogP contribution in [0.1, 0.15) is 78.6 Å². The van der Waals surface area contributed by atoms with Gasteiger partial charge in [0.1, 0.15) is 6.10 Å². The summed E-state index contributed by atoms with van der Waals surface area (Å²) in [7, 11) is 0. The number of hydroxylamine groups is 2. The molecule has 3 aliphatic heterocycles. The van der Waals surface area contributed by atoms with E-state index in [9.17, 15) is 33.6 Å². The van der Waals surface area contributed by atoms with Gasteiger partial charge in [0, 0.05) is 46.6 Å². The normalized spacial score (nSPS) is 27.4. The molecule has 234 valence electrons. The third kappa shape index (κ3) is 9.48. The molecule has 3 heterocycles. The molecule has 3 saturated heterocycles. The van der Waals surface area contributed by atoms with Crippen molar-refractivity contribution in [3.63, 3.8) is 0 Å². The minimum absolute atomic E-state index is 0.0117. The Labute approximate surface area is 243 Å². The van der Waals surface area contributed by atoms with Crippen molar-refractivity contribution in [3.05, 3.63) is 0 Å². The standard InChI is InChI=1S/C27H40N4O11/c1-15(32)30-24-19(9-5-4-6-10-23(37)42-31-21(35)11-12-22(31)36)41-20(14-29-27(38)18-8-7-13-28-18)25(39-16(2)33)26(24)40-17(3)34/h18-20,24-26,28H,4-14H2,1-3H3,(H,29,38)(H,30,32). The smallest absolute Gasteiger partial charge is 0.333 e. The van der Waals surface area contributed by atoms with E-state index in [0.29, 0.717) is 37.2 Å². The first kappa shape index (κ1) is 32.9. The third-order valence-electron chi connectivity index (χ3n) is 7.19. The number of amides is 4. The van der Waals surface area contributed by atoms with Gasteiger partial charge in [-0.3, -0.25) is 28.8 Å². The highest BCUT2D eigenvalue weighted by molar-refractivity contribution is 6.01. The van der Waals surface area contributed by atoms with Gasteiger partial charge in [-0.15, -0.1) is 5.06 Å². The number of carbonyl (C=O) groups is 7. The number of hydrogen-bond donors (Lipinski definition) is 3. The highest BCUT2D eigenvalue weighted by Gasteiger charge is 2.50. The van der Waals surface area contributed by atoms with Crippen LogP contribution in [0.25, 0.3) is 0 Å². The van der Waals surface area contributed by atoms with Crippen molar-refractivity contribution in [2.45, 2.75) is 115 Å². The van der Waals surface area contributed by atoms with Gasteiger partial charge in [0.2, 0.25) is 11.8 Å². The molecule has 3 fully saturated rings. The van der Waals surface area contributed by atoms with E-state index >= 15 is 0 Å². The Morgan fingerprint density at radius 3 is 2.19 bits per heavy atom. The van der Waals surface area contributed by atoms with Crippen LogP contribution in [0, 0.1) is 0 Å². The second-order valence-corrected chi connectivity index (χ2v) is 10.6. The molecule has 15 heteroatoms. The zero-order chi connectivity index (χ0) is 30.8. The quantitative estimate of drug-likeness (QED) is 0.141. The predicted molar refractivity (Wildman–Crippen MR) is 142 cm³/mol. The Morgan fingerprint density at radius 1 is 0.929 bits per heavy atom. The molecule has 0 saturated carbocycles. The predicted octanol–water partition coefficient (Wildman–Crippen LogP) is -0.452. The molecule has 15 nitrogen and oxygen atoms in total. The van der Waals surface area contributed by atoms with Crippen molar-refractivity contribution in [2.75, 3.05) is 13.1 Å². The number of esters is 2. The van der Waals surface area contributed by atoms with Crippen LogP contribution in [0.3, 0.4) is 0 Å². The number of rotatable bonds is 13. The Bertz CT molecular complexity index is 1030. The second kappa shape index (κ2) is 15.6. The van der Waals surface area contributed by atoms with Crippen molar-refractivity contribution in [1.82, 2.24) is 21.0 Å². The van der Waals surface area contributed by atoms with E-state index in [1.807, 2.05) is 0 Å². The van der Waals surface area contributed by atoms with E-state index in [-0.39, 0.29) is 37.8 Å². The summed E-state index contributed by atoms with van der Waals surface area (Å²) >= 11 is 0. The SMILES string of the molecule is CC(=O)NC1C(CCCCCC(=O)ON2C(=O)CCC2=O)OC(CNC(=O)C2CCCN2)C(OC(C)=O)C1OC(C)=O. The van der Waals surface area contributed by atoms with Gasteiger partial charge in [-0.25, -0.2) is 4.79 Å². The summed E-state index contributed by atoms with van der Waals surface area (Å²) in [6.45, 7) is 4.39. The molecule has 6 unspecified atom stereocenters. The Kier molecular flexibility index (Phi) is 12.2. The first-order valence-corrected chi connectivity index (χ1v) is 14.3. The average molecular weight is 597 g/mol. The summed E-state index contributed by atoms with van der Waals surface area (Å²) < 4.78 is 17.4. The minimum atomic E-state index is -1.11. The summed E-state index contributed by atoms with van der Waals surface area (Å²) in [6.07, 6.45) is -0.411. The number of hydrogen-bond acceptors (Lipinski definition) is 12. The van der Waals surface area contributed by atoms with Gasteiger partial charge in [0.25, 0.3) is 11.8 Å². The lowest BCUT2D eigenvalue weighted by atomic mass is 9.89. The number of ether oxygens (including phenoxy) is 3. The fourth-order valence-corrected chi connectivity index (χ4v) is 5.33. The summed E-state index contributed by atoms with van der Waals surface area (Å²) in [6, 6.07) is -1.21. The maximum absolute atomic E-state index is 12.7. The molecule has 4 amide bonds. The minimum Gasteiger partial charge on any atom is -0.456 e. The van der Waals surface area contributed by atoms with E-state index < -0.39 is 66.1 Å². The molecule has 0 radical (unpaired) electrons. The van der Waals surface area contributed by atoms with Gasteiger partial charge in [0.15, 0.2) is 12.2 Å². The van der Waals surface area contributed by atoms with Gasteiger partial charge in [-0.1, -0.05) is 12.8 Å². The van der Waals surface area contributed by atoms with E-state index in [1.54, 1.807) is 0 Å². The fourth-order valence-electron chi connectivity index (χ4n) is 5.33. The molecule has 3 rings (SSSR count). The van der Waals surface area contributed by atoms with E-state index in [4.69, 9.17) is 19.0 Å². The van der Waals surface area contributed by atoms with Gasteiger partial charge in [-0.05, 0) is 32.2 Å². The Hall–Kier alpha value is -3.59. The number of nitrogens with one attached hydrogen (secondary N) is 3. The van der Waals surface area contributed by atoms with Crippen LogP contribution < -0.4 is 16.0 Å². The molecule has 0 aromatic rings. The monoisotopic (exact) mass is 596 g/mol. The first-order chi connectivity index (χ1) is 20.0. The fraction of sp³-hybridized carbons (Fsp3) is 0.741. The van der Waals surface area contributed by atoms with E-state index in [2.05, 4.69) is 16.0 Å². The van der Waals surface area contributed by atoms with Crippen LogP contribution in [0.4, 0.5) is 0 Å². The van der Waals surface area contributed by atoms with Crippen LogP contribution in [0.2, 0.25) is 0 Å². The number of imide groups is 1. The van der Waals surface area contributed by atoms with Crippen molar-refractivity contribution >= 4 is 41.5 Å². The molecule has 0 aliphatic carbocycles. The summed E-state index contributed by atoms with van der Waals surface area (Å²) in [4.78, 5) is 89.1. The number of carbonyl (C=O) groups excluding carboxylic acids is 7. The van der Waals surface area contributed by atoms with Crippen LogP contribution in [0.15, 0.2) is 0 Å². The van der Waals surface area contributed by atoms with Crippen LogP contribution >= 0.6 is 0 Å². The molecule has 42 heavy (non-hydrogen) atoms. The molecule has 0 bridgehead atoms. The number of nitrogens with zero attached hydrogens (tertiary/aromatic N) is 1. The van der Waals surface area contributed by atoms with Crippen LogP contribution in [-0.2, 0) is 52.6 Å². The van der Waals surface area contributed by atoms with Crippen molar-refractivity contribution in [3.8, 4) is 0 Å². The van der Waals surface area contributed by atoms with Crippen LogP contribution in [-0.4, -0.2) is 96.2 Å². The molecular formula is C27H40N4O11. The topological polar surface area (TPSA) is 196 Å². The van der Waals surface area contributed by atoms with E-state index in [1.165, 1.54) is 20.8 Å². The maximum atomic E-state index is 12.7. The molecule has 6 atom stereocenters. The largest absolute Gasteiger partial charge is 0.456 e. The molecule has 3 aliphatic rings. The zero-order valence-electron chi connectivity index (χ0n) is 24.2. The highest BCUT2D eigenvalue weighted by Crippen LogP contribution is 2.29. The van der Waals surface area contributed by atoms with E-state index in [0.717, 1.165) is 13.0 Å². The van der Waals surface area contributed by atoms with Crippen molar-refractivity contribution in [2.24, 2.45) is 0 Å². The maximum Gasteiger partial charge on any atom is 0.333 e. The molecule has 0 aromatic carbocycles. The summed E-state index contributed by atoms with van der Waals surface area (Å²) in [5.74, 6) is -3.75.